The molecule has 1 aliphatic heterocycles. The van der Waals surface area contributed by atoms with Gasteiger partial charge in [0.05, 0.1) is 11.5 Å². The van der Waals surface area contributed by atoms with E-state index in [1.165, 1.54) is 0 Å². The number of nitrogens with two attached hydrogens (primary N) is 1. The van der Waals surface area contributed by atoms with Gasteiger partial charge in [0.2, 0.25) is 10.0 Å². The summed E-state index contributed by atoms with van der Waals surface area (Å²) in [7, 11) is -3.49. The first-order valence-corrected chi connectivity index (χ1v) is 8.04. The van der Waals surface area contributed by atoms with Gasteiger partial charge in [-0.2, -0.15) is 0 Å². The molecule has 6 nitrogen and oxygen atoms in total. The van der Waals surface area contributed by atoms with E-state index in [0.717, 1.165) is 18.5 Å². The Bertz CT molecular complexity index is 497. The van der Waals surface area contributed by atoms with Gasteiger partial charge in [0, 0.05) is 37.6 Å². The van der Waals surface area contributed by atoms with Gasteiger partial charge in [-0.3, -0.25) is 0 Å². The predicted octanol–water partition coefficient (Wildman–Crippen LogP) is 0.424. The molecule has 1 saturated heterocycles. The van der Waals surface area contributed by atoms with E-state index >= 15 is 0 Å². The van der Waals surface area contributed by atoms with Crippen molar-refractivity contribution < 1.29 is 13.2 Å². The van der Waals surface area contributed by atoms with E-state index in [2.05, 4.69) is 4.72 Å². The van der Waals surface area contributed by atoms with Crippen LogP contribution in [0.3, 0.4) is 0 Å². The maximum Gasteiger partial charge on any atom is 0.242 e. The van der Waals surface area contributed by atoms with E-state index < -0.39 is 10.0 Å². The van der Waals surface area contributed by atoms with E-state index in [9.17, 15) is 8.42 Å². The highest BCUT2D eigenvalue weighted by Gasteiger charge is 2.23. The Hall–Kier alpha value is -0.890. The molecule has 1 aromatic heterocycles. The van der Waals surface area contributed by atoms with Crippen molar-refractivity contribution in [2.24, 2.45) is 5.73 Å². The molecule has 0 saturated carbocycles. The van der Waals surface area contributed by atoms with Crippen LogP contribution in [-0.4, -0.2) is 32.2 Å². The minimum atomic E-state index is -3.49. The normalized spacial score (nSPS) is 20.6. The van der Waals surface area contributed by atoms with Gasteiger partial charge in [-0.05, 0) is 25.8 Å². The molecule has 1 aromatic rings. The second-order valence-electron chi connectivity index (χ2n) is 4.69. The highest BCUT2D eigenvalue weighted by atomic mass is 32.2. The minimum absolute atomic E-state index is 0.134. The monoisotopic (exact) mass is 287 g/mol. The molecular formula is C12H21N3O3S. The van der Waals surface area contributed by atoms with Gasteiger partial charge in [0.15, 0.2) is 0 Å². The number of rotatable bonds is 5. The predicted molar refractivity (Wildman–Crippen MR) is 72.2 cm³/mol. The Morgan fingerprint density at radius 2 is 2.37 bits per heavy atom. The summed E-state index contributed by atoms with van der Waals surface area (Å²) in [6, 6.07) is 1.50. The lowest BCUT2D eigenvalue weighted by Crippen LogP contribution is -2.40. The van der Waals surface area contributed by atoms with Crippen molar-refractivity contribution in [1.29, 1.82) is 0 Å². The lowest BCUT2D eigenvalue weighted by Gasteiger charge is -2.22. The van der Waals surface area contributed by atoms with Crippen molar-refractivity contribution in [3.05, 3.63) is 18.0 Å². The third-order valence-electron chi connectivity index (χ3n) is 3.30. The molecule has 0 aromatic carbocycles. The molecule has 0 aliphatic carbocycles. The van der Waals surface area contributed by atoms with Gasteiger partial charge >= 0.3 is 0 Å². The molecule has 0 radical (unpaired) electrons. The van der Waals surface area contributed by atoms with Crippen LogP contribution in [0.5, 0.6) is 0 Å². The Morgan fingerprint density at radius 1 is 1.58 bits per heavy atom. The molecule has 1 unspecified atom stereocenters. The molecule has 0 bridgehead atoms. The van der Waals surface area contributed by atoms with Gasteiger partial charge in [-0.25, -0.2) is 13.1 Å². The SMILES string of the molecule is CCn1cc(S(=O)(=O)NC2CCCOC2)cc1CN. The van der Waals surface area contributed by atoms with Gasteiger partial charge in [0.25, 0.3) is 0 Å². The van der Waals surface area contributed by atoms with Gasteiger partial charge < -0.3 is 15.0 Å². The lowest BCUT2D eigenvalue weighted by molar-refractivity contribution is 0.0774. The van der Waals surface area contributed by atoms with E-state index in [1.54, 1.807) is 12.3 Å². The van der Waals surface area contributed by atoms with Crippen molar-refractivity contribution in [1.82, 2.24) is 9.29 Å². The second-order valence-corrected chi connectivity index (χ2v) is 6.41. The third-order valence-corrected chi connectivity index (χ3v) is 4.79. The molecule has 108 valence electrons. The standard InChI is InChI=1S/C12H21N3O3S/c1-2-15-8-12(6-11(15)7-13)19(16,17)14-10-4-3-5-18-9-10/h6,8,10,14H,2-5,7,9,13H2,1H3. The van der Waals surface area contributed by atoms with E-state index in [1.807, 2.05) is 11.5 Å². The van der Waals surface area contributed by atoms with Crippen molar-refractivity contribution in [3.63, 3.8) is 0 Å². The molecule has 0 spiro atoms. The Kier molecular flexibility index (Phi) is 4.62. The van der Waals surface area contributed by atoms with Crippen LogP contribution in [-0.2, 0) is 27.8 Å². The number of sulfonamides is 1. The van der Waals surface area contributed by atoms with Gasteiger partial charge in [0.1, 0.15) is 0 Å². The van der Waals surface area contributed by atoms with Crippen LogP contribution >= 0.6 is 0 Å². The number of aromatic nitrogens is 1. The second kappa shape index (κ2) is 6.04. The molecule has 1 atom stereocenters. The lowest BCUT2D eigenvalue weighted by atomic mass is 10.1. The van der Waals surface area contributed by atoms with Crippen molar-refractivity contribution in [2.45, 2.75) is 43.8 Å². The molecular weight excluding hydrogens is 266 g/mol. The fourth-order valence-corrected chi connectivity index (χ4v) is 3.58. The highest BCUT2D eigenvalue weighted by molar-refractivity contribution is 7.89. The van der Waals surface area contributed by atoms with Gasteiger partial charge in [-0.15, -0.1) is 0 Å². The average molecular weight is 287 g/mol. The molecule has 19 heavy (non-hydrogen) atoms. The number of hydrogen-bond donors (Lipinski definition) is 2. The van der Waals surface area contributed by atoms with Gasteiger partial charge in [-0.1, -0.05) is 0 Å². The average Bonchev–Trinajstić information content (AvgIpc) is 2.83. The number of ether oxygens (including phenoxy) is 1. The topological polar surface area (TPSA) is 86.3 Å². The Labute approximate surface area is 114 Å². The quantitative estimate of drug-likeness (QED) is 0.822. The first kappa shape index (κ1) is 14.5. The largest absolute Gasteiger partial charge is 0.380 e. The molecule has 0 amide bonds. The number of nitrogens with one attached hydrogen (secondary N) is 1. The molecule has 7 heteroatoms. The van der Waals surface area contributed by atoms with E-state index in [-0.39, 0.29) is 10.9 Å². The fraction of sp³-hybridized carbons (Fsp3) is 0.667. The highest BCUT2D eigenvalue weighted by Crippen LogP contribution is 2.16. The van der Waals surface area contributed by atoms with Crippen LogP contribution in [0.2, 0.25) is 0 Å². The summed E-state index contributed by atoms with van der Waals surface area (Å²) in [6.07, 6.45) is 3.34. The van der Waals surface area contributed by atoms with Crippen LogP contribution in [0, 0.1) is 0 Å². The van der Waals surface area contributed by atoms with Crippen molar-refractivity contribution in [2.75, 3.05) is 13.2 Å². The summed E-state index contributed by atoms with van der Waals surface area (Å²) < 4.78 is 34.4. The fourth-order valence-electron chi connectivity index (χ4n) is 2.26. The number of nitrogens with zero attached hydrogens (tertiary/aromatic N) is 1. The zero-order valence-electron chi connectivity index (χ0n) is 11.1. The third kappa shape index (κ3) is 3.36. The minimum Gasteiger partial charge on any atom is -0.380 e. The molecule has 1 fully saturated rings. The number of hydrogen-bond acceptors (Lipinski definition) is 4. The zero-order valence-corrected chi connectivity index (χ0v) is 11.9. The van der Waals surface area contributed by atoms with Crippen molar-refractivity contribution in [3.8, 4) is 0 Å². The van der Waals surface area contributed by atoms with Crippen LogP contribution in [0.1, 0.15) is 25.5 Å². The Balaban J connectivity index is 2.16. The maximum atomic E-state index is 12.3. The summed E-state index contributed by atoms with van der Waals surface area (Å²) in [5.74, 6) is 0. The van der Waals surface area contributed by atoms with E-state index in [0.29, 0.717) is 26.3 Å². The summed E-state index contributed by atoms with van der Waals surface area (Å²) in [4.78, 5) is 0.278. The molecule has 1 aliphatic rings. The van der Waals surface area contributed by atoms with Crippen LogP contribution < -0.4 is 10.5 Å². The summed E-state index contributed by atoms with van der Waals surface area (Å²) in [6.45, 7) is 4.14. The summed E-state index contributed by atoms with van der Waals surface area (Å²) >= 11 is 0. The first-order valence-electron chi connectivity index (χ1n) is 6.56. The zero-order chi connectivity index (χ0) is 13.9. The molecule has 2 heterocycles. The Morgan fingerprint density at radius 3 is 2.89 bits per heavy atom. The molecule has 2 rings (SSSR count). The van der Waals surface area contributed by atoms with Crippen molar-refractivity contribution >= 4 is 10.0 Å². The smallest absolute Gasteiger partial charge is 0.242 e. The number of aryl methyl sites for hydroxylation is 1. The first-order chi connectivity index (χ1) is 9.06. The van der Waals surface area contributed by atoms with E-state index in [4.69, 9.17) is 10.5 Å². The maximum absolute atomic E-state index is 12.3. The van der Waals surface area contributed by atoms with Crippen LogP contribution in [0.25, 0.3) is 0 Å². The van der Waals surface area contributed by atoms with Crippen LogP contribution in [0.4, 0.5) is 0 Å². The summed E-state index contributed by atoms with van der Waals surface area (Å²) in [5, 5.41) is 0. The molecule has 3 N–H and O–H groups in total. The van der Waals surface area contributed by atoms with Crippen LogP contribution in [0.15, 0.2) is 17.2 Å². The summed E-state index contributed by atoms with van der Waals surface area (Å²) in [5.41, 5.74) is 6.43.